The number of rotatable bonds is 4. The van der Waals surface area contributed by atoms with Gasteiger partial charge in [0.1, 0.15) is 9.50 Å². The number of sulfone groups is 1. The second-order valence-electron chi connectivity index (χ2n) is 4.40. The zero-order chi connectivity index (χ0) is 18.9. The Balaban J connectivity index is 3.65. The molecule has 0 N–H and O–H groups in total. The Bertz CT molecular complexity index is 780. The van der Waals surface area contributed by atoms with Gasteiger partial charge < -0.3 is 9.64 Å². The Morgan fingerprint density at radius 1 is 1.38 bits per heavy atom. The highest BCUT2D eigenvalue weighted by atomic mass is 79.9. The Morgan fingerprint density at radius 2 is 1.92 bits per heavy atom. The molecule has 1 rings (SSSR count). The van der Waals surface area contributed by atoms with Gasteiger partial charge in [-0.25, -0.2) is 18.2 Å². The molecule has 1 heterocycles. The van der Waals surface area contributed by atoms with Gasteiger partial charge in [0.05, 0.1) is 18.6 Å². The topological polar surface area (TPSA) is 93.6 Å². The first-order valence-corrected chi connectivity index (χ1v) is 8.67. The number of methoxy groups -OCH3 is 1. The molecule has 134 valence electrons. The third kappa shape index (κ3) is 4.04. The van der Waals surface area contributed by atoms with Crippen LogP contribution in [0, 0.1) is 0 Å². The number of anilines is 1. The van der Waals surface area contributed by atoms with Gasteiger partial charge in [0.15, 0.2) is 15.5 Å². The number of ether oxygens (including phenoxy) is 1. The van der Waals surface area contributed by atoms with Crippen LogP contribution in [0.4, 0.5) is 18.9 Å². The number of aromatic nitrogens is 1. The summed E-state index contributed by atoms with van der Waals surface area (Å²) in [6.07, 6.45) is -5.17. The molecule has 12 heteroatoms. The molecule has 0 aliphatic carbocycles. The molecule has 0 aliphatic rings. The largest absolute Gasteiger partial charge is 0.471 e. The first-order valence-electron chi connectivity index (χ1n) is 6.23. The first-order chi connectivity index (χ1) is 10.9. The van der Waals surface area contributed by atoms with Crippen LogP contribution < -0.4 is 4.90 Å². The fourth-order valence-corrected chi connectivity index (χ4v) is 3.22. The maximum absolute atomic E-state index is 12.6. The van der Waals surface area contributed by atoms with Gasteiger partial charge in [-0.2, -0.15) is 13.2 Å². The van der Waals surface area contributed by atoms with Crippen LogP contribution in [0.1, 0.15) is 17.4 Å². The number of alkyl halides is 3. The van der Waals surface area contributed by atoms with Crippen LogP contribution in [0.25, 0.3) is 0 Å². The van der Waals surface area contributed by atoms with E-state index in [1.807, 2.05) is 0 Å². The van der Waals surface area contributed by atoms with Crippen molar-refractivity contribution in [2.24, 2.45) is 0 Å². The molecule has 0 saturated carbocycles. The molecule has 1 aromatic heterocycles. The van der Waals surface area contributed by atoms with E-state index >= 15 is 0 Å². The van der Waals surface area contributed by atoms with Crippen molar-refractivity contribution in [2.75, 3.05) is 24.8 Å². The molecule has 24 heavy (non-hydrogen) atoms. The minimum atomic E-state index is -5.17. The summed E-state index contributed by atoms with van der Waals surface area (Å²) in [5.41, 5.74) is -1.06. The zero-order valence-corrected chi connectivity index (χ0v) is 15.0. The SMILES string of the molecule is CCS(=O)(=O)c1cc(N(C)C(=O)C(F)(F)F)c(Br)nc1C(=O)OC. The van der Waals surface area contributed by atoms with Gasteiger partial charge in [0.2, 0.25) is 0 Å². The molecule has 0 unspecified atom stereocenters. The number of amides is 1. The number of carbonyl (C=O) groups is 2. The van der Waals surface area contributed by atoms with Gasteiger partial charge >= 0.3 is 18.1 Å². The molecule has 0 fully saturated rings. The van der Waals surface area contributed by atoms with Crippen LogP contribution in [-0.4, -0.2) is 51.4 Å². The van der Waals surface area contributed by atoms with Gasteiger partial charge in [-0.05, 0) is 22.0 Å². The van der Waals surface area contributed by atoms with Crippen molar-refractivity contribution in [3.63, 3.8) is 0 Å². The van der Waals surface area contributed by atoms with Crippen molar-refractivity contribution in [3.8, 4) is 0 Å². The van der Waals surface area contributed by atoms with Crippen LogP contribution in [0.15, 0.2) is 15.6 Å². The fraction of sp³-hybridized carbons (Fsp3) is 0.417. The summed E-state index contributed by atoms with van der Waals surface area (Å²) in [6, 6.07) is 0.770. The van der Waals surface area contributed by atoms with Gasteiger partial charge in [0, 0.05) is 7.05 Å². The van der Waals surface area contributed by atoms with Crippen LogP contribution in [0.5, 0.6) is 0 Å². The third-order valence-electron chi connectivity index (χ3n) is 2.92. The van der Waals surface area contributed by atoms with E-state index in [-0.39, 0.29) is 9.50 Å². The summed E-state index contributed by atoms with van der Waals surface area (Å²) in [5, 5.41) is 0. The summed E-state index contributed by atoms with van der Waals surface area (Å²) < 4.78 is 66.0. The summed E-state index contributed by atoms with van der Waals surface area (Å²) in [5.74, 6) is -3.74. The lowest BCUT2D eigenvalue weighted by Gasteiger charge is -2.21. The Labute approximate surface area is 143 Å². The Hall–Kier alpha value is -1.69. The lowest BCUT2D eigenvalue weighted by atomic mass is 10.3. The normalized spacial score (nSPS) is 12.0. The standard InChI is InChI=1S/C12H12BrF3N2O5S/c1-4-24(21,22)7-5-6(18(2)11(20)12(14,15)16)9(13)17-8(7)10(19)23-3/h5H,4H2,1-3H3. The number of hydrogen-bond acceptors (Lipinski definition) is 6. The number of halogens is 4. The van der Waals surface area contributed by atoms with E-state index in [1.165, 1.54) is 6.92 Å². The van der Waals surface area contributed by atoms with E-state index in [0.29, 0.717) is 0 Å². The third-order valence-corrected chi connectivity index (χ3v) is 5.25. The molecule has 0 saturated heterocycles. The van der Waals surface area contributed by atoms with E-state index in [0.717, 1.165) is 20.2 Å². The summed E-state index contributed by atoms with van der Waals surface area (Å²) >= 11 is 2.83. The number of pyridine rings is 1. The van der Waals surface area contributed by atoms with E-state index in [2.05, 4.69) is 25.7 Å². The van der Waals surface area contributed by atoms with Gasteiger partial charge in [0.25, 0.3) is 0 Å². The molecular weight excluding hydrogens is 421 g/mol. The number of nitrogens with zero attached hydrogens (tertiary/aromatic N) is 2. The van der Waals surface area contributed by atoms with Gasteiger partial charge in [-0.15, -0.1) is 0 Å². The van der Waals surface area contributed by atoms with Crippen molar-refractivity contribution in [2.45, 2.75) is 18.0 Å². The van der Waals surface area contributed by atoms with Crippen molar-refractivity contribution < 1.29 is 35.9 Å². The smallest absolute Gasteiger partial charge is 0.464 e. The highest BCUT2D eigenvalue weighted by molar-refractivity contribution is 9.10. The minimum Gasteiger partial charge on any atom is -0.464 e. The quantitative estimate of drug-likeness (QED) is 0.533. The molecule has 0 spiro atoms. The number of carbonyl (C=O) groups excluding carboxylic acids is 2. The van der Waals surface area contributed by atoms with E-state index in [9.17, 15) is 31.2 Å². The minimum absolute atomic E-state index is 0.187. The van der Waals surface area contributed by atoms with E-state index < -0.39 is 49.9 Å². The average Bonchev–Trinajstić information content (AvgIpc) is 2.51. The van der Waals surface area contributed by atoms with Crippen LogP contribution in [0.2, 0.25) is 0 Å². The average molecular weight is 433 g/mol. The molecule has 0 aromatic carbocycles. The number of hydrogen-bond donors (Lipinski definition) is 0. The molecule has 0 radical (unpaired) electrons. The predicted molar refractivity (Wildman–Crippen MR) is 80.5 cm³/mol. The van der Waals surface area contributed by atoms with E-state index in [1.54, 1.807) is 0 Å². The highest BCUT2D eigenvalue weighted by Crippen LogP contribution is 2.32. The summed E-state index contributed by atoms with van der Waals surface area (Å²) in [4.78, 5) is 26.2. The predicted octanol–water partition coefficient (Wildman–Crippen LogP) is 1.95. The second kappa shape index (κ2) is 7.05. The van der Waals surface area contributed by atoms with Crippen molar-refractivity contribution in [1.29, 1.82) is 0 Å². The first kappa shape index (κ1) is 20.4. The molecule has 0 bridgehead atoms. The highest BCUT2D eigenvalue weighted by Gasteiger charge is 2.42. The maximum atomic E-state index is 12.6. The Morgan fingerprint density at radius 3 is 2.33 bits per heavy atom. The van der Waals surface area contributed by atoms with E-state index in [4.69, 9.17) is 0 Å². The lowest BCUT2D eigenvalue weighted by molar-refractivity contribution is -0.170. The van der Waals surface area contributed by atoms with Crippen molar-refractivity contribution in [3.05, 3.63) is 16.4 Å². The Kier molecular flexibility index (Phi) is 5.98. The maximum Gasteiger partial charge on any atom is 0.471 e. The molecule has 1 aromatic rings. The molecule has 0 atom stereocenters. The molecule has 0 aliphatic heterocycles. The second-order valence-corrected chi connectivity index (χ2v) is 7.40. The summed E-state index contributed by atoms with van der Waals surface area (Å²) in [6.45, 7) is 1.28. The zero-order valence-electron chi connectivity index (χ0n) is 12.6. The molecular formula is C12H12BrF3N2O5S. The van der Waals surface area contributed by atoms with Crippen LogP contribution in [-0.2, 0) is 19.4 Å². The molecule has 7 nitrogen and oxygen atoms in total. The number of esters is 1. The lowest BCUT2D eigenvalue weighted by Crippen LogP contribution is -2.39. The van der Waals surface area contributed by atoms with Crippen molar-refractivity contribution >= 4 is 43.3 Å². The summed E-state index contributed by atoms with van der Waals surface area (Å²) in [7, 11) is -2.22. The van der Waals surface area contributed by atoms with Gasteiger partial charge in [-0.1, -0.05) is 6.92 Å². The van der Waals surface area contributed by atoms with Gasteiger partial charge in [-0.3, -0.25) is 4.79 Å². The fourth-order valence-electron chi connectivity index (χ4n) is 1.63. The van der Waals surface area contributed by atoms with Crippen LogP contribution in [0.3, 0.4) is 0 Å². The van der Waals surface area contributed by atoms with Crippen LogP contribution >= 0.6 is 15.9 Å². The van der Waals surface area contributed by atoms with Crippen molar-refractivity contribution in [1.82, 2.24) is 4.98 Å². The monoisotopic (exact) mass is 432 g/mol. The molecule has 1 amide bonds.